The van der Waals surface area contributed by atoms with Gasteiger partial charge in [0.2, 0.25) is 0 Å². The number of carboxylic acid groups (broad SMARTS) is 4. The summed E-state index contributed by atoms with van der Waals surface area (Å²) in [6, 6.07) is 0. The number of hydrogen-bond acceptors (Lipinski definition) is 16. The molecule has 17 nitrogen and oxygen atoms in total. The van der Waals surface area contributed by atoms with Gasteiger partial charge in [0.1, 0.15) is 48.8 Å². The van der Waals surface area contributed by atoms with Gasteiger partial charge in [-0.2, -0.15) is 0 Å². The van der Waals surface area contributed by atoms with Crippen LogP contribution >= 0.6 is 0 Å². The molecule has 0 saturated heterocycles. The maximum atomic E-state index is 9.96. The maximum absolute atomic E-state index is 9.96. The van der Waals surface area contributed by atoms with Crippen LogP contribution in [-0.4, -0.2) is 165 Å². The van der Waals surface area contributed by atoms with Gasteiger partial charge in [0, 0.05) is 0 Å². The first-order valence-corrected chi connectivity index (χ1v) is 6.85. The Bertz CT molecular complexity index is 463. The number of aliphatic carboxylic acids is 4. The first kappa shape index (κ1) is 40.4. The SMILES string of the molecule is O.O=C([O-])[C@@H](O)[C@H](O)[C@@H](O)[C@@H](O)C(=O)[O-].O=C([O-])[C@H](O)[C@H](O)[C@@H](O)[C@@H](O)C(=O)[O-].[Mg+2].[Mg+2]. The Kier molecular flexibility index (Phi) is 24.3. The first-order chi connectivity index (χ1) is 12.6. The van der Waals surface area contributed by atoms with Crippen LogP contribution in [0, 0.1) is 0 Å². The smallest absolute Gasteiger partial charge is 0.547 e. The quantitative estimate of drug-likeness (QED) is 0.134. The van der Waals surface area contributed by atoms with E-state index in [2.05, 4.69) is 0 Å². The molecule has 0 bridgehead atoms. The minimum absolute atomic E-state index is 0. The molecule has 172 valence electrons. The van der Waals surface area contributed by atoms with Gasteiger partial charge < -0.3 is 85.9 Å². The predicted molar refractivity (Wildman–Crippen MR) is 83.2 cm³/mol. The number of aliphatic hydroxyl groups excluding tert-OH is 8. The Morgan fingerprint density at radius 3 is 0.581 bits per heavy atom. The Morgan fingerprint density at radius 2 is 0.516 bits per heavy atom. The zero-order valence-electron chi connectivity index (χ0n) is 15.4. The molecule has 19 heteroatoms. The molecule has 0 radical (unpaired) electrons. The molecule has 0 aliphatic carbocycles. The number of carboxylic acids is 4. The van der Waals surface area contributed by atoms with Crippen molar-refractivity contribution < 1.29 is 85.9 Å². The van der Waals surface area contributed by atoms with E-state index in [-0.39, 0.29) is 51.6 Å². The van der Waals surface area contributed by atoms with E-state index in [0.717, 1.165) is 0 Å². The van der Waals surface area contributed by atoms with E-state index in [0.29, 0.717) is 0 Å². The van der Waals surface area contributed by atoms with E-state index in [1.54, 1.807) is 0 Å². The Balaban J connectivity index is -0.000000133. The van der Waals surface area contributed by atoms with E-state index in [4.69, 9.17) is 40.9 Å². The Hall–Kier alpha value is -0.948. The molecule has 31 heavy (non-hydrogen) atoms. The number of aliphatic hydroxyl groups is 8. The number of hydrogen-bond donors (Lipinski definition) is 8. The minimum Gasteiger partial charge on any atom is -0.547 e. The molecular weight excluding hydrogens is 465 g/mol. The number of rotatable bonds is 10. The fraction of sp³-hybridized carbons (Fsp3) is 0.667. The van der Waals surface area contributed by atoms with Crippen molar-refractivity contribution in [2.24, 2.45) is 0 Å². The largest absolute Gasteiger partial charge is 2.00 e. The van der Waals surface area contributed by atoms with Gasteiger partial charge in [0.05, 0.1) is 23.9 Å². The van der Waals surface area contributed by atoms with Crippen molar-refractivity contribution in [3.8, 4) is 0 Å². The third-order valence-electron chi connectivity index (χ3n) is 2.96. The normalized spacial score (nSPS) is 17.5. The van der Waals surface area contributed by atoms with E-state index in [9.17, 15) is 39.6 Å². The van der Waals surface area contributed by atoms with Gasteiger partial charge in [-0.05, 0) is 0 Å². The second-order valence-corrected chi connectivity index (χ2v) is 5.02. The summed E-state index contributed by atoms with van der Waals surface area (Å²) in [5.41, 5.74) is 0. The second-order valence-electron chi connectivity index (χ2n) is 5.02. The predicted octanol–water partition coefficient (Wildman–Crippen LogP) is -13.7. The summed E-state index contributed by atoms with van der Waals surface area (Å²) in [4.78, 5) is 39.8. The topological polar surface area (TPSA) is 354 Å². The van der Waals surface area contributed by atoms with E-state index >= 15 is 0 Å². The Morgan fingerprint density at radius 1 is 0.419 bits per heavy atom. The average Bonchev–Trinajstić information content (AvgIpc) is 2.62. The summed E-state index contributed by atoms with van der Waals surface area (Å²) in [5, 5.41) is 109. The summed E-state index contributed by atoms with van der Waals surface area (Å²) in [5.74, 6) is -8.44. The first-order valence-electron chi connectivity index (χ1n) is 6.85. The Labute approximate surface area is 204 Å². The molecule has 0 amide bonds. The molecule has 8 atom stereocenters. The maximum Gasteiger partial charge on any atom is 2.00 e. The van der Waals surface area contributed by atoms with Crippen LogP contribution in [0.1, 0.15) is 0 Å². The van der Waals surface area contributed by atoms with Gasteiger partial charge in [0.25, 0.3) is 0 Å². The van der Waals surface area contributed by atoms with Crippen molar-refractivity contribution in [2.75, 3.05) is 0 Å². The zero-order chi connectivity index (χ0) is 22.9. The molecule has 0 aromatic rings. The van der Waals surface area contributed by atoms with Gasteiger partial charge in [-0.1, -0.05) is 0 Å². The summed E-state index contributed by atoms with van der Waals surface area (Å²) in [6.07, 6.45) is -19.5. The molecule has 0 aromatic heterocycles. The van der Waals surface area contributed by atoms with Gasteiger partial charge >= 0.3 is 46.1 Å². The van der Waals surface area contributed by atoms with Gasteiger partial charge in [0.15, 0.2) is 0 Å². The van der Waals surface area contributed by atoms with Crippen LogP contribution < -0.4 is 20.4 Å². The molecule has 0 aromatic carbocycles. The van der Waals surface area contributed by atoms with Crippen molar-refractivity contribution in [1.82, 2.24) is 0 Å². The summed E-state index contributed by atoms with van der Waals surface area (Å²) in [6.45, 7) is 0. The summed E-state index contributed by atoms with van der Waals surface area (Å²) < 4.78 is 0. The summed E-state index contributed by atoms with van der Waals surface area (Å²) in [7, 11) is 0. The van der Waals surface area contributed by atoms with Crippen LogP contribution in [-0.2, 0) is 19.2 Å². The van der Waals surface area contributed by atoms with Crippen LogP contribution in [0.5, 0.6) is 0 Å². The molecular formula is C12H18Mg2O17. The van der Waals surface area contributed by atoms with Crippen molar-refractivity contribution in [1.29, 1.82) is 0 Å². The van der Waals surface area contributed by atoms with Crippen LogP contribution in [0.2, 0.25) is 0 Å². The third-order valence-corrected chi connectivity index (χ3v) is 2.96. The monoisotopic (exact) mass is 482 g/mol. The second kappa shape index (κ2) is 18.6. The average molecular weight is 483 g/mol. The molecule has 0 fully saturated rings. The van der Waals surface area contributed by atoms with Gasteiger partial charge in [-0.15, -0.1) is 0 Å². The fourth-order valence-corrected chi connectivity index (χ4v) is 1.30. The van der Waals surface area contributed by atoms with E-state index in [1.807, 2.05) is 0 Å². The van der Waals surface area contributed by atoms with Crippen molar-refractivity contribution in [2.45, 2.75) is 48.8 Å². The molecule has 0 aliphatic heterocycles. The number of carbonyl (C=O) groups excluding carboxylic acids is 4. The molecule has 0 rings (SSSR count). The molecule has 0 heterocycles. The van der Waals surface area contributed by atoms with E-state index in [1.165, 1.54) is 0 Å². The van der Waals surface area contributed by atoms with Gasteiger partial charge in [-0.25, -0.2) is 0 Å². The van der Waals surface area contributed by atoms with Crippen molar-refractivity contribution in [3.63, 3.8) is 0 Å². The minimum atomic E-state index is -2.50. The number of carbonyl (C=O) groups is 4. The molecule has 0 unspecified atom stereocenters. The van der Waals surface area contributed by atoms with Crippen LogP contribution in [0.15, 0.2) is 0 Å². The molecule has 0 spiro atoms. The van der Waals surface area contributed by atoms with Crippen LogP contribution in [0.3, 0.4) is 0 Å². The van der Waals surface area contributed by atoms with Crippen LogP contribution in [0.25, 0.3) is 0 Å². The van der Waals surface area contributed by atoms with Crippen molar-refractivity contribution in [3.05, 3.63) is 0 Å². The molecule has 0 saturated carbocycles. The van der Waals surface area contributed by atoms with E-state index < -0.39 is 72.7 Å². The third kappa shape index (κ3) is 13.9. The van der Waals surface area contributed by atoms with Crippen molar-refractivity contribution >= 4 is 70.0 Å². The van der Waals surface area contributed by atoms with Crippen LogP contribution in [0.4, 0.5) is 0 Å². The fourth-order valence-electron chi connectivity index (χ4n) is 1.30. The standard InChI is InChI=1S/2C6H10O8.2Mg.H2O/c2*7-1(3(9)5(11)12)2(8)4(10)6(13)14;;;/h2*1-4,7-10H,(H,11,12)(H,13,14);;;1H2/q;;2*+2;/p-4/t1-,2-,3-,4+;1-,2-,3-,4-;;;/m11.../s1. The summed E-state index contributed by atoms with van der Waals surface area (Å²) >= 11 is 0. The zero-order valence-corrected chi connectivity index (χ0v) is 18.2. The molecule has 0 aliphatic rings. The van der Waals surface area contributed by atoms with Gasteiger partial charge in [-0.3, -0.25) is 0 Å². The molecule has 10 N–H and O–H groups in total.